The average molecular weight is 309 g/mol. The number of ether oxygens (including phenoxy) is 1. The summed E-state index contributed by atoms with van der Waals surface area (Å²) in [7, 11) is 1.61. The van der Waals surface area contributed by atoms with E-state index in [0.29, 0.717) is 17.3 Å². The lowest BCUT2D eigenvalue weighted by Crippen LogP contribution is -2.15. The molecule has 0 amide bonds. The summed E-state index contributed by atoms with van der Waals surface area (Å²) >= 11 is 0. The van der Waals surface area contributed by atoms with Gasteiger partial charge in [-0.25, -0.2) is 9.89 Å². The molecule has 0 fully saturated rings. The molecule has 116 valence electrons. The van der Waals surface area contributed by atoms with Crippen LogP contribution in [0.3, 0.4) is 0 Å². The van der Waals surface area contributed by atoms with E-state index in [0.717, 1.165) is 16.3 Å². The van der Waals surface area contributed by atoms with Gasteiger partial charge in [-0.05, 0) is 23.8 Å². The summed E-state index contributed by atoms with van der Waals surface area (Å²) in [5, 5.41) is 12.4. The van der Waals surface area contributed by atoms with E-state index in [1.54, 1.807) is 20.2 Å². The number of anilines is 1. The minimum Gasteiger partial charge on any atom is -0.496 e. The van der Waals surface area contributed by atoms with E-state index in [1.165, 1.54) is 0 Å². The maximum atomic E-state index is 11.2. The van der Waals surface area contributed by atoms with Gasteiger partial charge in [0.25, 0.3) is 0 Å². The standard InChI is InChI=1S/C16H15N5O2/c1-10-15(18-16(22)21-19-10)20-17-9-13-12-6-4-3-5-11(12)7-8-14(13)23-2/h3-9H,1-2H3,(H2,18,20,21,22). The molecule has 7 nitrogen and oxygen atoms in total. The molecule has 0 aliphatic rings. The predicted octanol–water partition coefficient (Wildman–Crippen LogP) is 2.08. The second-order valence-corrected chi connectivity index (χ2v) is 4.85. The van der Waals surface area contributed by atoms with Crippen molar-refractivity contribution in [2.75, 3.05) is 12.5 Å². The molecule has 7 heteroatoms. The van der Waals surface area contributed by atoms with Gasteiger partial charge < -0.3 is 4.74 Å². The van der Waals surface area contributed by atoms with Crippen LogP contribution in [0.1, 0.15) is 11.3 Å². The minimum atomic E-state index is -0.531. The van der Waals surface area contributed by atoms with Gasteiger partial charge in [-0.15, -0.1) is 0 Å². The van der Waals surface area contributed by atoms with E-state index >= 15 is 0 Å². The molecule has 0 radical (unpaired) electrons. The van der Waals surface area contributed by atoms with Gasteiger partial charge >= 0.3 is 5.69 Å². The van der Waals surface area contributed by atoms with Crippen LogP contribution in [0, 0.1) is 6.92 Å². The Labute approximate surface area is 132 Å². The first-order valence-electron chi connectivity index (χ1n) is 6.97. The molecule has 0 unspecified atom stereocenters. The first-order chi connectivity index (χ1) is 11.2. The fraction of sp³-hybridized carbons (Fsp3) is 0.125. The molecular weight excluding hydrogens is 294 g/mol. The van der Waals surface area contributed by atoms with Crippen molar-refractivity contribution in [3.8, 4) is 5.75 Å². The van der Waals surface area contributed by atoms with Crippen molar-refractivity contribution >= 4 is 22.8 Å². The number of nitrogens with zero attached hydrogens (tertiary/aromatic N) is 3. The van der Waals surface area contributed by atoms with Crippen LogP contribution >= 0.6 is 0 Å². The van der Waals surface area contributed by atoms with Crippen LogP contribution in [-0.2, 0) is 0 Å². The largest absolute Gasteiger partial charge is 0.496 e. The molecule has 0 saturated heterocycles. The third-order valence-corrected chi connectivity index (χ3v) is 3.39. The minimum absolute atomic E-state index is 0.309. The highest BCUT2D eigenvalue weighted by atomic mass is 16.5. The molecule has 0 saturated carbocycles. The number of methoxy groups -OCH3 is 1. The Morgan fingerprint density at radius 1 is 1.26 bits per heavy atom. The number of hydrogen-bond donors (Lipinski definition) is 2. The summed E-state index contributed by atoms with van der Waals surface area (Å²) < 4.78 is 5.40. The molecule has 1 heterocycles. The highest BCUT2D eigenvalue weighted by Crippen LogP contribution is 2.26. The Kier molecular flexibility index (Phi) is 4.01. The number of H-pyrrole nitrogens is 1. The lowest BCUT2D eigenvalue weighted by Gasteiger charge is -2.08. The monoisotopic (exact) mass is 309 g/mol. The maximum Gasteiger partial charge on any atom is 0.363 e. The topological polar surface area (TPSA) is 92.3 Å². The Bertz CT molecular complexity index is 933. The average Bonchev–Trinajstić information content (AvgIpc) is 2.58. The Morgan fingerprint density at radius 2 is 2.09 bits per heavy atom. The van der Waals surface area contributed by atoms with Gasteiger partial charge in [0.1, 0.15) is 11.4 Å². The van der Waals surface area contributed by atoms with Crippen LogP contribution in [0.2, 0.25) is 0 Å². The summed E-state index contributed by atoms with van der Waals surface area (Å²) in [5.41, 5.74) is 3.60. The normalized spacial score (nSPS) is 11.0. The zero-order valence-electron chi connectivity index (χ0n) is 12.7. The van der Waals surface area contributed by atoms with E-state index in [9.17, 15) is 4.79 Å². The molecule has 2 N–H and O–H groups in total. The lowest BCUT2D eigenvalue weighted by atomic mass is 10.0. The van der Waals surface area contributed by atoms with Crippen molar-refractivity contribution in [3.63, 3.8) is 0 Å². The molecule has 2 aromatic carbocycles. The van der Waals surface area contributed by atoms with E-state index in [2.05, 4.69) is 25.7 Å². The van der Waals surface area contributed by atoms with Gasteiger partial charge in [0, 0.05) is 5.56 Å². The highest BCUT2D eigenvalue weighted by molar-refractivity contribution is 6.02. The predicted molar refractivity (Wildman–Crippen MR) is 89.1 cm³/mol. The molecule has 1 aromatic heterocycles. The van der Waals surface area contributed by atoms with Crippen molar-refractivity contribution in [1.29, 1.82) is 0 Å². The van der Waals surface area contributed by atoms with Crippen molar-refractivity contribution < 1.29 is 4.74 Å². The molecule has 0 spiro atoms. The van der Waals surface area contributed by atoms with Crippen molar-refractivity contribution in [3.05, 3.63) is 58.1 Å². The van der Waals surface area contributed by atoms with Gasteiger partial charge in [0.15, 0.2) is 5.82 Å². The second-order valence-electron chi connectivity index (χ2n) is 4.85. The number of aromatic nitrogens is 3. The zero-order valence-corrected chi connectivity index (χ0v) is 12.7. The molecular formula is C16H15N5O2. The third kappa shape index (κ3) is 3.03. The number of aromatic amines is 1. The van der Waals surface area contributed by atoms with Crippen molar-refractivity contribution in [2.24, 2.45) is 5.10 Å². The van der Waals surface area contributed by atoms with Gasteiger partial charge in [-0.1, -0.05) is 30.3 Å². The fourth-order valence-electron chi connectivity index (χ4n) is 2.24. The smallest absolute Gasteiger partial charge is 0.363 e. The number of rotatable bonds is 4. The molecule has 3 rings (SSSR count). The lowest BCUT2D eigenvalue weighted by molar-refractivity contribution is 0.415. The summed E-state index contributed by atoms with van der Waals surface area (Å²) in [4.78, 5) is 15.0. The first-order valence-corrected chi connectivity index (χ1v) is 6.97. The van der Waals surface area contributed by atoms with Gasteiger partial charge in [0.2, 0.25) is 0 Å². The summed E-state index contributed by atoms with van der Waals surface area (Å²) in [6, 6.07) is 11.8. The van der Waals surface area contributed by atoms with E-state index in [-0.39, 0.29) is 0 Å². The summed E-state index contributed by atoms with van der Waals surface area (Å²) in [5.74, 6) is 1.02. The van der Waals surface area contributed by atoms with Crippen LogP contribution in [0.25, 0.3) is 10.8 Å². The third-order valence-electron chi connectivity index (χ3n) is 3.39. The van der Waals surface area contributed by atoms with E-state index in [4.69, 9.17) is 4.74 Å². The Hall–Kier alpha value is -3.22. The van der Waals surface area contributed by atoms with Gasteiger partial charge in [0.05, 0.1) is 13.3 Å². The fourth-order valence-corrected chi connectivity index (χ4v) is 2.24. The van der Waals surface area contributed by atoms with Crippen molar-refractivity contribution in [1.82, 2.24) is 15.2 Å². The van der Waals surface area contributed by atoms with Crippen LogP contribution in [0.15, 0.2) is 46.3 Å². The number of aryl methyl sites for hydroxylation is 1. The Morgan fingerprint density at radius 3 is 2.91 bits per heavy atom. The quantitative estimate of drug-likeness (QED) is 0.568. The highest BCUT2D eigenvalue weighted by Gasteiger charge is 2.06. The molecule has 3 aromatic rings. The van der Waals surface area contributed by atoms with Crippen LogP contribution in [0.5, 0.6) is 5.75 Å². The summed E-state index contributed by atoms with van der Waals surface area (Å²) in [6.07, 6.45) is 1.64. The summed E-state index contributed by atoms with van der Waals surface area (Å²) in [6.45, 7) is 1.72. The zero-order chi connectivity index (χ0) is 16.2. The molecule has 0 aliphatic carbocycles. The molecule has 23 heavy (non-hydrogen) atoms. The Balaban J connectivity index is 1.97. The van der Waals surface area contributed by atoms with Crippen LogP contribution in [-0.4, -0.2) is 28.5 Å². The van der Waals surface area contributed by atoms with Crippen LogP contribution in [0.4, 0.5) is 5.82 Å². The van der Waals surface area contributed by atoms with Crippen molar-refractivity contribution in [2.45, 2.75) is 6.92 Å². The first kappa shape index (κ1) is 14.7. The van der Waals surface area contributed by atoms with Gasteiger partial charge in [-0.3, -0.25) is 5.43 Å². The number of hydrazone groups is 1. The van der Waals surface area contributed by atoms with E-state index in [1.807, 2.05) is 36.4 Å². The molecule has 0 bridgehead atoms. The van der Waals surface area contributed by atoms with Gasteiger partial charge in [-0.2, -0.15) is 15.2 Å². The second kappa shape index (κ2) is 6.27. The van der Waals surface area contributed by atoms with Crippen LogP contribution < -0.4 is 15.9 Å². The molecule has 0 atom stereocenters. The number of benzene rings is 2. The number of nitrogens with one attached hydrogen (secondary N) is 2. The number of fused-ring (bicyclic) bond motifs is 1. The maximum absolute atomic E-state index is 11.2. The van der Waals surface area contributed by atoms with E-state index < -0.39 is 5.69 Å². The SMILES string of the molecule is COc1ccc2ccccc2c1C=NNc1nc(=O)[nH]nc1C. The number of hydrogen-bond acceptors (Lipinski definition) is 6. The molecule has 0 aliphatic heterocycles.